The molecule has 3 heteroatoms. The molecule has 3 rings (SSSR count). The minimum atomic E-state index is 0.252. The molecule has 18 heavy (non-hydrogen) atoms. The Hall–Kier alpha value is -1.61. The largest absolute Gasteiger partial charge is 0.494 e. The van der Waals surface area contributed by atoms with Crippen molar-refractivity contribution in [3.8, 4) is 5.75 Å². The van der Waals surface area contributed by atoms with Gasteiger partial charge in [0.15, 0.2) is 5.78 Å². The molecule has 1 fully saturated rings. The summed E-state index contributed by atoms with van der Waals surface area (Å²) in [6.45, 7) is 3.92. The van der Waals surface area contributed by atoms with Crippen LogP contribution < -0.4 is 4.74 Å². The minimum Gasteiger partial charge on any atom is -0.494 e. The van der Waals surface area contributed by atoms with Crippen molar-refractivity contribution in [2.75, 3.05) is 19.8 Å². The minimum absolute atomic E-state index is 0.252. The average Bonchev–Trinajstić information content (AvgIpc) is 2.91. The standard InChI is InChI=1S/C15H16O3/c1-2-18-12-5-3-10(4-6-12)15-13-9-17-8-11(13)7-14(15)16/h3-6,11H,2,7-9H2,1H3. The Morgan fingerprint density at radius 2 is 2.11 bits per heavy atom. The molecule has 1 aliphatic heterocycles. The lowest BCUT2D eigenvalue weighted by Crippen LogP contribution is -2.01. The normalized spacial score (nSPS) is 22.5. The van der Waals surface area contributed by atoms with E-state index in [2.05, 4.69) is 0 Å². The Bertz CT molecular complexity index is 499. The van der Waals surface area contributed by atoms with Gasteiger partial charge in [-0.1, -0.05) is 12.1 Å². The molecule has 94 valence electrons. The van der Waals surface area contributed by atoms with Gasteiger partial charge in [0.05, 0.1) is 19.8 Å². The zero-order valence-corrected chi connectivity index (χ0v) is 10.4. The monoisotopic (exact) mass is 244 g/mol. The Kier molecular flexibility index (Phi) is 2.92. The molecule has 0 N–H and O–H groups in total. The van der Waals surface area contributed by atoms with Gasteiger partial charge >= 0.3 is 0 Å². The van der Waals surface area contributed by atoms with Gasteiger partial charge in [0.1, 0.15) is 5.75 Å². The molecule has 1 aromatic carbocycles. The Morgan fingerprint density at radius 1 is 1.33 bits per heavy atom. The van der Waals surface area contributed by atoms with Crippen molar-refractivity contribution < 1.29 is 14.3 Å². The number of ether oxygens (including phenoxy) is 2. The van der Waals surface area contributed by atoms with Crippen molar-refractivity contribution in [1.29, 1.82) is 0 Å². The fraction of sp³-hybridized carbons (Fsp3) is 0.400. The second kappa shape index (κ2) is 4.58. The lowest BCUT2D eigenvalue weighted by atomic mass is 10.0. The maximum atomic E-state index is 12.1. The molecule has 1 saturated heterocycles. The highest BCUT2D eigenvalue weighted by Crippen LogP contribution is 2.39. The lowest BCUT2D eigenvalue weighted by molar-refractivity contribution is -0.113. The number of Topliss-reactive ketones (excluding diaryl/α,β-unsaturated/α-hetero) is 1. The van der Waals surface area contributed by atoms with Gasteiger partial charge in [0, 0.05) is 17.9 Å². The first-order valence-electron chi connectivity index (χ1n) is 6.37. The van der Waals surface area contributed by atoms with Crippen molar-refractivity contribution in [3.63, 3.8) is 0 Å². The van der Waals surface area contributed by atoms with Crippen molar-refractivity contribution in [1.82, 2.24) is 0 Å². The smallest absolute Gasteiger partial charge is 0.164 e. The molecule has 0 bridgehead atoms. The predicted octanol–water partition coefficient (Wildman–Crippen LogP) is 2.46. The Labute approximate surface area is 106 Å². The molecule has 0 saturated carbocycles. The van der Waals surface area contributed by atoms with E-state index in [4.69, 9.17) is 9.47 Å². The fourth-order valence-corrected chi connectivity index (χ4v) is 2.72. The van der Waals surface area contributed by atoms with Crippen molar-refractivity contribution in [2.45, 2.75) is 13.3 Å². The molecular formula is C15H16O3. The molecule has 1 unspecified atom stereocenters. The number of carbonyl (C=O) groups excluding carboxylic acids is 1. The van der Waals surface area contributed by atoms with Crippen LogP contribution in [0.25, 0.3) is 5.57 Å². The van der Waals surface area contributed by atoms with E-state index in [9.17, 15) is 4.79 Å². The van der Waals surface area contributed by atoms with Gasteiger partial charge in [-0.25, -0.2) is 0 Å². The van der Waals surface area contributed by atoms with Crippen molar-refractivity contribution >= 4 is 11.4 Å². The zero-order valence-electron chi connectivity index (χ0n) is 10.4. The lowest BCUT2D eigenvalue weighted by Gasteiger charge is -2.06. The summed E-state index contributed by atoms with van der Waals surface area (Å²) in [6, 6.07) is 7.77. The van der Waals surface area contributed by atoms with Gasteiger partial charge in [-0.15, -0.1) is 0 Å². The number of allylic oxidation sites excluding steroid dienone is 1. The highest BCUT2D eigenvalue weighted by Gasteiger charge is 2.36. The van der Waals surface area contributed by atoms with Gasteiger partial charge in [-0.2, -0.15) is 0 Å². The molecule has 3 nitrogen and oxygen atoms in total. The highest BCUT2D eigenvalue weighted by molar-refractivity contribution is 6.24. The third kappa shape index (κ3) is 1.85. The molecule has 0 aromatic heterocycles. The van der Waals surface area contributed by atoms with Gasteiger partial charge in [0.25, 0.3) is 0 Å². The van der Waals surface area contributed by atoms with Gasteiger partial charge in [-0.05, 0) is 30.2 Å². The topological polar surface area (TPSA) is 35.5 Å². The summed E-state index contributed by atoms with van der Waals surface area (Å²) in [5.41, 5.74) is 3.05. The number of rotatable bonds is 3. The van der Waals surface area contributed by atoms with E-state index in [1.165, 1.54) is 5.57 Å². The van der Waals surface area contributed by atoms with Crippen LogP contribution >= 0.6 is 0 Å². The Morgan fingerprint density at radius 3 is 2.83 bits per heavy atom. The first-order valence-corrected chi connectivity index (χ1v) is 6.37. The average molecular weight is 244 g/mol. The molecule has 0 spiro atoms. The van der Waals surface area contributed by atoms with Crippen molar-refractivity contribution in [3.05, 3.63) is 35.4 Å². The number of hydrogen-bond acceptors (Lipinski definition) is 3. The second-order valence-electron chi connectivity index (χ2n) is 4.70. The number of carbonyl (C=O) groups is 1. The summed E-state index contributed by atoms with van der Waals surface area (Å²) in [7, 11) is 0. The summed E-state index contributed by atoms with van der Waals surface area (Å²) in [5.74, 6) is 1.41. The molecular weight excluding hydrogens is 228 g/mol. The number of hydrogen-bond donors (Lipinski definition) is 0. The van der Waals surface area contributed by atoms with E-state index in [1.54, 1.807) is 0 Å². The molecule has 2 aliphatic rings. The van der Waals surface area contributed by atoms with Crippen LogP contribution in [0.4, 0.5) is 0 Å². The molecule has 1 aliphatic carbocycles. The van der Waals surface area contributed by atoms with E-state index < -0.39 is 0 Å². The first-order chi connectivity index (χ1) is 8.79. The third-order valence-electron chi connectivity index (χ3n) is 3.56. The molecule has 1 atom stereocenters. The summed E-state index contributed by atoms with van der Waals surface area (Å²) < 4.78 is 10.9. The van der Waals surface area contributed by atoms with Crippen LogP contribution in [0, 0.1) is 5.92 Å². The van der Waals surface area contributed by atoms with Crippen LogP contribution in [0.5, 0.6) is 5.75 Å². The van der Waals surface area contributed by atoms with E-state index in [0.717, 1.165) is 16.9 Å². The maximum absolute atomic E-state index is 12.1. The maximum Gasteiger partial charge on any atom is 0.164 e. The highest BCUT2D eigenvalue weighted by atomic mass is 16.5. The second-order valence-corrected chi connectivity index (χ2v) is 4.70. The molecule has 1 aromatic rings. The molecule has 0 radical (unpaired) electrons. The van der Waals surface area contributed by atoms with Gasteiger partial charge < -0.3 is 9.47 Å². The summed E-state index contributed by atoms with van der Waals surface area (Å²) in [5, 5.41) is 0. The SMILES string of the molecule is CCOc1ccc(C2=C3COCC3CC2=O)cc1. The van der Waals surface area contributed by atoms with Crippen LogP contribution in [0.3, 0.4) is 0 Å². The van der Waals surface area contributed by atoms with Crippen molar-refractivity contribution in [2.24, 2.45) is 5.92 Å². The third-order valence-corrected chi connectivity index (χ3v) is 3.56. The summed E-state index contributed by atoms with van der Waals surface area (Å²) in [6.07, 6.45) is 0.609. The number of ketones is 1. The van der Waals surface area contributed by atoms with E-state index >= 15 is 0 Å². The Balaban J connectivity index is 1.94. The van der Waals surface area contributed by atoms with E-state index in [1.807, 2.05) is 31.2 Å². The summed E-state index contributed by atoms with van der Waals surface area (Å²) in [4.78, 5) is 12.1. The van der Waals surface area contributed by atoms with Crippen LogP contribution in [-0.4, -0.2) is 25.6 Å². The number of fused-ring (bicyclic) bond motifs is 1. The zero-order chi connectivity index (χ0) is 12.5. The van der Waals surface area contributed by atoms with Crippen LogP contribution in [-0.2, 0) is 9.53 Å². The molecule has 1 heterocycles. The summed E-state index contributed by atoms with van der Waals surface area (Å²) >= 11 is 0. The van der Waals surface area contributed by atoms with E-state index in [-0.39, 0.29) is 5.78 Å². The van der Waals surface area contributed by atoms with Crippen LogP contribution in [0.2, 0.25) is 0 Å². The van der Waals surface area contributed by atoms with Gasteiger partial charge in [0.2, 0.25) is 0 Å². The fourth-order valence-electron chi connectivity index (χ4n) is 2.72. The van der Waals surface area contributed by atoms with E-state index in [0.29, 0.717) is 32.2 Å². The van der Waals surface area contributed by atoms with Crippen LogP contribution in [0.15, 0.2) is 29.8 Å². The number of benzene rings is 1. The van der Waals surface area contributed by atoms with Crippen LogP contribution in [0.1, 0.15) is 18.9 Å². The predicted molar refractivity (Wildman–Crippen MR) is 68.5 cm³/mol. The quantitative estimate of drug-likeness (QED) is 0.819. The molecule has 0 amide bonds. The first kappa shape index (κ1) is 11.5. The van der Waals surface area contributed by atoms with Gasteiger partial charge in [-0.3, -0.25) is 4.79 Å².